The topological polar surface area (TPSA) is 148 Å². The van der Waals surface area contributed by atoms with Crippen molar-refractivity contribution in [1.82, 2.24) is 30.0 Å². The van der Waals surface area contributed by atoms with Gasteiger partial charge >= 0.3 is 0 Å². The number of fused-ring (bicyclic) bond motifs is 1. The van der Waals surface area contributed by atoms with Crippen molar-refractivity contribution < 1.29 is 13.2 Å². The SMILES string of the molecule is CC(C)S(=O)(=O)c1ccccc1Nc1nc(Nc2ccc3c(NC(=O)CN4CCN(C)CC4)n[nH]c3c2)ncc1Cl. The third-order valence-corrected chi connectivity index (χ3v) is 9.34. The predicted octanol–water partition coefficient (Wildman–Crippen LogP) is 3.86. The number of rotatable bonds is 9. The van der Waals surface area contributed by atoms with Crippen LogP contribution in [0.3, 0.4) is 0 Å². The van der Waals surface area contributed by atoms with Gasteiger partial charge in [-0.2, -0.15) is 10.1 Å². The first-order valence-electron chi connectivity index (χ1n) is 13.2. The molecule has 1 saturated heterocycles. The lowest BCUT2D eigenvalue weighted by Crippen LogP contribution is -2.47. The number of carbonyl (C=O) groups is 1. The smallest absolute Gasteiger partial charge is 0.239 e. The molecule has 0 unspecified atom stereocenters. The zero-order valence-corrected chi connectivity index (χ0v) is 24.6. The van der Waals surface area contributed by atoms with Crippen LogP contribution in [0.4, 0.5) is 29.0 Å². The lowest BCUT2D eigenvalue weighted by molar-refractivity contribution is -0.117. The highest BCUT2D eigenvalue weighted by Crippen LogP contribution is 2.31. The number of amides is 1. The molecule has 4 N–H and O–H groups in total. The van der Waals surface area contributed by atoms with Gasteiger partial charge in [0.2, 0.25) is 11.9 Å². The highest BCUT2D eigenvalue weighted by Gasteiger charge is 2.23. The fourth-order valence-electron chi connectivity index (χ4n) is 4.42. The third-order valence-electron chi connectivity index (χ3n) is 6.85. The van der Waals surface area contributed by atoms with E-state index in [1.807, 2.05) is 18.2 Å². The second kappa shape index (κ2) is 12.0. The number of nitrogens with zero attached hydrogens (tertiary/aromatic N) is 5. The monoisotopic (exact) mass is 597 g/mol. The van der Waals surface area contributed by atoms with Crippen molar-refractivity contribution in [2.75, 3.05) is 55.7 Å². The standard InChI is InChI=1S/C27H32ClN9O3S/c1-17(2)41(39,40)23-7-5-4-6-21(23)31-26-20(28)15-29-27(33-26)30-18-8-9-19-22(14-18)34-35-25(19)32-24(38)16-37-12-10-36(3)11-13-37/h4-9,14-15,17H,10-13,16H2,1-3H3,(H2,29,30,31,33)(H2,32,34,35,38). The van der Waals surface area contributed by atoms with E-state index < -0.39 is 15.1 Å². The van der Waals surface area contributed by atoms with Gasteiger partial charge in [-0.15, -0.1) is 0 Å². The Morgan fingerprint density at radius 3 is 2.59 bits per heavy atom. The number of piperazine rings is 1. The molecule has 14 heteroatoms. The van der Waals surface area contributed by atoms with Crippen molar-refractivity contribution in [1.29, 1.82) is 0 Å². The summed E-state index contributed by atoms with van der Waals surface area (Å²) in [5.74, 6) is 0.863. The minimum Gasteiger partial charge on any atom is -0.338 e. The van der Waals surface area contributed by atoms with Crippen molar-refractivity contribution in [3.05, 3.63) is 53.7 Å². The lowest BCUT2D eigenvalue weighted by atomic mass is 10.2. The molecule has 2 aromatic carbocycles. The number of likely N-dealkylation sites (N-methyl/N-ethyl adjacent to an activating group) is 1. The lowest BCUT2D eigenvalue weighted by Gasteiger charge is -2.31. The van der Waals surface area contributed by atoms with Crippen molar-refractivity contribution in [2.24, 2.45) is 0 Å². The largest absolute Gasteiger partial charge is 0.338 e. The minimum absolute atomic E-state index is 0.109. The first kappa shape index (κ1) is 28.7. The fraction of sp³-hybridized carbons (Fsp3) is 0.333. The number of halogens is 1. The molecule has 0 bridgehead atoms. The van der Waals surface area contributed by atoms with Crippen LogP contribution < -0.4 is 16.0 Å². The summed E-state index contributed by atoms with van der Waals surface area (Å²) in [6.45, 7) is 7.18. The van der Waals surface area contributed by atoms with E-state index in [0.29, 0.717) is 29.3 Å². The number of hydrogen-bond donors (Lipinski definition) is 4. The van der Waals surface area contributed by atoms with E-state index in [1.165, 1.54) is 6.20 Å². The first-order valence-corrected chi connectivity index (χ1v) is 15.1. The van der Waals surface area contributed by atoms with Gasteiger partial charge in [-0.25, -0.2) is 13.4 Å². The number of para-hydroxylation sites is 1. The molecule has 4 aromatic rings. The number of aromatic nitrogens is 4. The molecular formula is C27H32ClN9O3S. The van der Waals surface area contributed by atoms with E-state index >= 15 is 0 Å². The van der Waals surface area contributed by atoms with Crippen LogP contribution in [0.2, 0.25) is 5.02 Å². The second-order valence-corrected chi connectivity index (χ2v) is 13.1. The van der Waals surface area contributed by atoms with Gasteiger partial charge in [0.15, 0.2) is 21.5 Å². The van der Waals surface area contributed by atoms with Crippen LogP contribution in [-0.4, -0.2) is 89.3 Å². The number of aromatic amines is 1. The molecule has 1 amide bonds. The van der Waals surface area contributed by atoms with Crippen LogP contribution in [0.5, 0.6) is 0 Å². The first-order chi connectivity index (χ1) is 19.6. The number of sulfone groups is 1. The summed E-state index contributed by atoms with van der Waals surface area (Å²) >= 11 is 6.35. The maximum atomic E-state index is 12.9. The van der Waals surface area contributed by atoms with Crippen molar-refractivity contribution in [2.45, 2.75) is 24.0 Å². The van der Waals surface area contributed by atoms with Crippen LogP contribution >= 0.6 is 11.6 Å². The average Bonchev–Trinajstić information content (AvgIpc) is 3.33. The average molecular weight is 598 g/mol. The summed E-state index contributed by atoms with van der Waals surface area (Å²) in [5.41, 5.74) is 1.76. The highest BCUT2D eigenvalue weighted by atomic mass is 35.5. The minimum atomic E-state index is -3.54. The number of H-pyrrole nitrogens is 1. The maximum Gasteiger partial charge on any atom is 0.239 e. The molecule has 0 saturated carbocycles. The molecule has 1 fully saturated rings. The normalized spacial score (nSPS) is 14.9. The van der Waals surface area contributed by atoms with Gasteiger partial charge in [-0.1, -0.05) is 23.7 Å². The van der Waals surface area contributed by atoms with Crippen molar-refractivity contribution in [3.63, 3.8) is 0 Å². The molecule has 0 atom stereocenters. The predicted molar refractivity (Wildman–Crippen MR) is 161 cm³/mol. The Kier molecular flexibility index (Phi) is 8.40. The summed E-state index contributed by atoms with van der Waals surface area (Å²) in [7, 11) is -1.46. The van der Waals surface area contributed by atoms with Gasteiger partial charge < -0.3 is 20.9 Å². The Labute approximate surface area is 243 Å². The van der Waals surface area contributed by atoms with Crippen LogP contribution in [0, 0.1) is 0 Å². The molecule has 0 radical (unpaired) electrons. The highest BCUT2D eigenvalue weighted by molar-refractivity contribution is 7.92. The summed E-state index contributed by atoms with van der Waals surface area (Å²) in [6, 6.07) is 12.1. The van der Waals surface area contributed by atoms with Crippen molar-refractivity contribution >= 4 is 67.2 Å². The molecule has 3 heterocycles. The summed E-state index contributed by atoms with van der Waals surface area (Å²) < 4.78 is 25.7. The number of hydrogen-bond acceptors (Lipinski definition) is 10. The molecular weight excluding hydrogens is 566 g/mol. The summed E-state index contributed by atoms with van der Waals surface area (Å²) in [5, 5.41) is 16.7. The van der Waals surface area contributed by atoms with Gasteiger partial charge in [-0.05, 0) is 51.2 Å². The molecule has 1 aliphatic rings. The molecule has 2 aromatic heterocycles. The molecule has 0 spiro atoms. The summed E-state index contributed by atoms with van der Waals surface area (Å²) in [4.78, 5) is 25.9. The van der Waals surface area contributed by atoms with E-state index in [1.54, 1.807) is 38.1 Å². The molecule has 1 aliphatic heterocycles. The van der Waals surface area contributed by atoms with E-state index in [4.69, 9.17) is 11.6 Å². The van der Waals surface area contributed by atoms with Crippen LogP contribution in [0.1, 0.15) is 13.8 Å². The van der Waals surface area contributed by atoms with Gasteiger partial charge in [0.25, 0.3) is 0 Å². The number of nitrogens with one attached hydrogen (secondary N) is 4. The van der Waals surface area contributed by atoms with Gasteiger partial charge in [0.05, 0.1) is 34.1 Å². The third kappa shape index (κ3) is 6.59. The molecule has 41 heavy (non-hydrogen) atoms. The van der Waals surface area contributed by atoms with Gasteiger partial charge in [-0.3, -0.25) is 14.8 Å². The number of anilines is 5. The van der Waals surface area contributed by atoms with E-state index in [-0.39, 0.29) is 27.6 Å². The van der Waals surface area contributed by atoms with Crippen LogP contribution in [-0.2, 0) is 14.6 Å². The zero-order chi connectivity index (χ0) is 29.1. The van der Waals surface area contributed by atoms with E-state index in [0.717, 1.165) is 31.6 Å². The van der Waals surface area contributed by atoms with Gasteiger partial charge in [0, 0.05) is 37.3 Å². The van der Waals surface area contributed by atoms with Gasteiger partial charge in [0.1, 0.15) is 5.02 Å². The van der Waals surface area contributed by atoms with Crippen LogP contribution in [0.25, 0.3) is 10.9 Å². The molecule has 0 aliphatic carbocycles. The Morgan fingerprint density at radius 1 is 1.07 bits per heavy atom. The number of benzene rings is 2. The Morgan fingerprint density at radius 2 is 1.83 bits per heavy atom. The Balaban J connectivity index is 1.29. The maximum absolute atomic E-state index is 12.9. The second-order valence-electron chi connectivity index (χ2n) is 10.2. The molecule has 216 valence electrons. The number of carbonyl (C=O) groups excluding carboxylic acids is 1. The zero-order valence-electron chi connectivity index (χ0n) is 23.0. The summed E-state index contributed by atoms with van der Waals surface area (Å²) in [6.07, 6.45) is 1.43. The van der Waals surface area contributed by atoms with E-state index in [9.17, 15) is 13.2 Å². The van der Waals surface area contributed by atoms with Crippen LogP contribution in [0.15, 0.2) is 53.6 Å². The Bertz CT molecular complexity index is 1670. The van der Waals surface area contributed by atoms with Crippen molar-refractivity contribution in [3.8, 4) is 0 Å². The Hall–Kier alpha value is -3.78. The van der Waals surface area contributed by atoms with E-state index in [2.05, 4.69) is 53.0 Å². The molecule has 12 nitrogen and oxygen atoms in total. The molecule has 5 rings (SSSR count). The fourth-order valence-corrected chi connectivity index (χ4v) is 5.76. The quantitative estimate of drug-likeness (QED) is 0.224.